The zero-order chi connectivity index (χ0) is 15.2. The molecule has 110 valence electrons. The topological polar surface area (TPSA) is 29.1 Å². The first-order valence-electron chi connectivity index (χ1n) is 7.11. The predicted molar refractivity (Wildman–Crippen MR) is 91.1 cm³/mol. The van der Waals surface area contributed by atoms with Gasteiger partial charge in [0.15, 0.2) is 0 Å². The second-order valence-electron chi connectivity index (χ2n) is 5.26. The van der Waals surface area contributed by atoms with E-state index in [1.165, 1.54) is 21.6 Å². The lowest BCUT2D eigenvalue weighted by Gasteiger charge is -2.07. The third kappa shape index (κ3) is 4.94. The standard InChI is InChI=1S/C18H21NOS/c1-13-4-8-17(9-5-13)21-11-10-18(20)19-16-7-6-14(2)15(3)12-16/h4-9,12H,10-11H2,1-3H3,(H,19,20). The smallest absolute Gasteiger partial charge is 0.225 e. The van der Waals surface area contributed by atoms with Gasteiger partial charge in [-0.05, 0) is 56.2 Å². The molecule has 2 nitrogen and oxygen atoms in total. The van der Waals surface area contributed by atoms with Crippen molar-refractivity contribution >= 4 is 23.4 Å². The van der Waals surface area contributed by atoms with Gasteiger partial charge in [0, 0.05) is 22.8 Å². The monoisotopic (exact) mass is 299 g/mol. The molecule has 0 fully saturated rings. The lowest BCUT2D eigenvalue weighted by molar-refractivity contribution is -0.115. The minimum Gasteiger partial charge on any atom is -0.326 e. The fourth-order valence-electron chi connectivity index (χ4n) is 1.94. The summed E-state index contributed by atoms with van der Waals surface area (Å²) in [7, 11) is 0. The van der Waals surface area contributed by atoms with Crippen molar-refractivity contribution in [2.75, 3.05) is 11.1 Å². The molecule has 0 radical (unpaired) electrons. The maximum Gasteiger partial charge on any atom is 0.225 e. The number of rotatable bonds is 5. The molecule has 1 N–H and O–H groups in total. The Balaban J connectivity index is 1.79. The van der Waals surface area contributed by atoms with Crippen LogP contribution in [0, 0.1) is 20.8 Å². The molecule has 1 amide bonds. The fraction of sp³-hybridized carbons (Fsp3) is 0.278. The Morgan fingerprint density at radius 2 is 1.71 bits per heavy atom. The Kier molecular flexibility index (Phi) is 5.45. The van der Waals surface area contributed by atoms with Gasteiger partial charge >= 0.3 is 0 Å². The van der Waals surface area contributed by atoms with Crippen LogP contribution in [0.5, 0.6) is 0 Å². The molecule has 0 aliphatic rings. The Hall–Kier alpha value is -1.74. The zero-order valence-corrected chi connectivity index (χ0v) is 13.6. The molecule has 21 heavy (non-hydrogen) atoms. The van der Waals surface area contributed by atoms with E-state index < -0.39 is 0 Å². The van der Waals surface area contributed by atoms with Crippen LogP contribution in [-0.4, -0.2) is 11.7 Å². The highest BCUT2D eigenvalue weighted by Gasteiger charge is 2.04. The van der Waals surface area contributed by atoms with Crippen molar-refractivity contribution < 1.29 is 4.79 Å². The van der Waals surface area contributed by atoms with Crippen LogP contribution in [0.4, 0.5) is 5.69 Å². The minimum atomic E-state index is 0.0675. The van der Waals surface area contributed by atoms with Crippen molar-refractivity contribution in [1.29, 1.82) is 0 Å². The number of anilines is 1. The summed E-state index contributed by atoms with van der Waals surface area (Å²) in [5, 5.41) is 2.95. The number of thioether (sulfide) groups is 1. The Bertz CT molecular complexity index is 620. The van der Waals surface area contributed by atoms with Crippen LogP contribution in [0.2, 0.25) is 0 Å². The van der Waals surface area contributed by atoms with Gasteiger partial charge in [-0.3, -0.25) is 4.79 Å². The molecule has 2 aromatic carbocycles. The number of benzene rings is 2. The van der Waals surface area contributed by atoms with E-state index in [9.17, 15) is 4.79 Å². The number of hydrogen-bond donors (Lipinski definition) is 1. The van der Waals surface area contributed by atoms with E-state index in [-0.39, 0.29) is 5.91 Å². The Morgan fingerprint density at radius 3 is 2.38 bits per heavy atom. The number of carbonyl (C=O) groups excluding carboxylic acids is 1. The second-order valence-corrected chi connectivity index (χ2v) is 6.43. The number of carbonyl (C=O) groups is 1. The summed E-state index contributed by atoms with van der Waals surface area (Å²) < 4.78 is 0. The van der Waals surface area contributed by atoms with Gasteiger partial charge in [-0.1, -0.05) is 23.8 Å². The average molecular weight is 299 g/mol. The van der Waals surface area contributed by atoms with E-state index in [4.69, 9.17) is 0 Å². The Morgan fingerprint density at radius 1 is 1.00 bits per heavy atom. The molecule has 0 spiro atoms. The summed E-state index contributed by atoms with van der Waals surface area (Å²) in [6.07, 6.45) is 0.519. The third-order valence-electron chi connectivity index (χ3n) is 3.41. The predicted octanol–water partition coefficient (Wildman–Crippen LogP) is 4.73. The number of nitrogens with one attached hydrogen (secondary N) is 1. The van der Waals surface area contributed by atoms with Crippen molar-refractivity contribution in [2.45, 2.75) is 32.1 Å². The zero-order valence-electron chi connectivity index (χ0n) is 12.8. The molecule has 0 aromatic heterocycles. The molecular weight excluding hydrogens is 278 g/mol. The molecule has 0 saturated carbocycles. The van der Waals surface area contributed by atoms with Crippen molar-refractivity contribution in [3.63, 3.8) is 0 Å². The van der Waals surface area contributed by atoms with Gasteiger partial charge in [-0.2, -0.15) is 0 Å². The van der Waals surface area contributed by atoms with Crippen LogP contribution < -0.4 is 5.32 Å². The van der Waals surface area contributed by atoms with Gasteiger partial charge in [0.05, 0.1) is 0 Å². The summed E-state index contributed by atoms with van der Waals surface area (Å²) in [6, 6.07) is 14.4. The normalized spacial score (nSPS) is 10.4. The molecule has 0 unspecified atom stereocenters. The fourth-order valence-corrected chi connectivity index (χ4v) is 2.79. The van der Waals surface area contributed by atoms with Crippen LogP contribution in [-0.2, 0) is 4.79 Å². The van der Waals surface area contributed by atoms with Crippen LogP contribution >= 0.6 is 11.8 Å². The van der Waals surface area contributed by atoms with E-state index in [0.717, 1.165) is 11.4 Å². The van der Waals surface area contributed by atoms with E-state index in [2.05, 4.69) is 50.4 Å². The minimum absolute atomic E-state index is 0.0675. The molecule has 3 heteroatoms. The van der Waals surface area contributed by atoms with Crippen LogP contribution in [0.3, 0.4) is 0 Å². The Labute approximate surface area is 131 Å². The van der Waals surface area contributed by atoms with E-state index in [1.807, 2.05) is 18.2 Å². The average Bonchev–Trinajstić information content (AvgIpc) is 2.45. The quantitative estimate of drug-likeness (QED) is 0.808. The first kappa shape index (κ1) is 15.6. The van der Waals surface area contributed by atoms with Gasteiger partial charge in [-0.25, -0.2) is 0 Å². The van der Waals surface area contributed by atoms with E-state index in [1.54, 1.807) is 11.8 Å². The summed E-state index contributed by atoms with van der Waals surface area (Å²) in [5.74, 6) is 0.859. The lowest BCUT2D eigenvalue weighted by Crippen LogP contribution is -2.12. The second kappa shape index (κ2) is 7.32. The van der Waals surface area contributed by atoms with Crippen molar-refractivity contribution in [2.24, 2.45) is 0 Å². The van der Waals surface area contributed by atoms with Crippen molar-refractivity contribution in [3.05, 3.63) is 59.2 Å². The summed E-state index contributed by atoms with van der Waals surface area (Å²) in [4.78, 5) is 13.1. The first-order chi connectivity index (χ1) is 10.0. The van der Waals surface area contributed by atoms with Crippen LogP contribution in [0.15, 0.2) is 47.4 Å². The molecule has 0 saturated heterocycles. The maximum atomic E-state index is 11.9. The number of hydrogen-bond acceptors (Lipinski definition) is 2. The van der Waals surface area contributed by atoms with Crippen molar-refractivity contribution in [1.82, 2.24) is 0 Å². The third-order valence-corrected chi connectivity index (χ3v) is 4.42. The molecule has 0 atom stereocenters. The summed E-state index contributed by atoms with van der Waals surface area (Å²) in [6.45, 7) is 6.20. The molecular formula is C18H21NOS. The van der Waals surface area contributed by atoms with Gasteiger partial charge in [-0.15, -0.1) is 11.8 Å². The molecule has 0 heterocycles. The van der Waals surface area contributed by atoms with Crippen LogP contribution in [0.25, 0.3) is 0 Å². The largest absolute Gasteiger partial charge is 0.326 e. The number of aryl methyl sites for hydroxylation is 3. The first-order valence-corrected chi connectivity index (χ1v) is 8.10. The highest BCUT2D eigenvalue weighted by atomic mass is 32.2. The molecule has 2 aromatic rings. The maximum absolute atomic E-state index is 11.9. The van der Waals surface area contributed by atoms with Gasteiger partial charge in [0.1, 0.15) is 0 Å². The van der Waals surface area contributed by atoms with Gasteiger partial charge in [0.25, 0.3) is 0 Å². The molecule has 0 aliphatic carbocycles. The van der Waals surface area contributed by atoms with Gasteiger partial charge in [0.2, 0.25) is 5.91 Å². The van der Waals surface area contributed by atoms with E-state index >= 15 is 0 Å². The highest BCUT2D eigenvalue weighted by Crippen LogP contribution is 2.19. The summed E-state index contributed by atoms with van der Waals surface area (Å²) >= 11 is 1.71. The van der Waals surface area contributed by atoms with Crippen molar-refractivity contribution in [3.8, 4) is 0 Å². The molecule has 0 bridgehead atoms. The molecule has 0 aliphatic heterocycles. The van der Waals surface area contributed by atoms with Crippen LogP contribution in [0.1, 0.15) is 23.1 Å². The summed E-state index contributed by atoms with van der Waals surface area (Å²) in [5.41, 5.74) is 4.57. The van der Waals surface area contributed by atoms with Gasteiger partial charge < -0.3 is 5.32 Å². The SMILES string of the molecule is Cc1ccc(SCCC(=O)Nc2ccc(C)c(C)c2)cc1. The lowest BCUT2D eigenvalue weighted by atomic mass is 10.1. The van der Waals surface area contributed by atoms with E-state index in [0.29, 0.717) is 6.42 Å². The highest BCUT2D eigenvalue weighted by molar-refractivity contribution is 7.99. The molecule has 2 rings (SSSR count). The number of amides is 1.